The Morgan fingerprint density at radius 1 is 1.14 bits per heavy atom. The van der Waals surface area contributed by atoms with E-state index in [1.165, 1.54) is 12.1 Å². The van der Waals surface area contributed by atoms with Gasteiger partial charge in [-0.05, 0) is 56.2 Å². The van der Waals surface area contributed by atoms with Gasteiger partial charge >= 0.3 is 0 Å². The maximum absolute atomic E-state index is 13.0. The van der Waals surface area contributed by atoms with Crippen LogP contribution in [0.1, 0.15) is 61.7 Å². The van der Waals surface area contributed by atoms with Gasteiger partial charge in [-0.3, -0.25) is 4.79 Å². The van der Waals surface area contributed by atoms with E-state index in [2.05, 4.69) is 20.1 Å². The van der Waals surface area contributed by atoms with E-state index in [1.54, 1.807) is 12.1 Å². The Morgan fingerprint density at radius 3 is 2.72 bits per heavy atom. The molecule has 2 aromatic rings. The molecule has 1 aromatic heterocycles. The van der Waals surface area contributed by atoms with Crippen molar-refractivity contribution in [3.8, 4) is 0 Å². The fourth-order valence-corrected chi connectivity index (χ4v) is 4.32. The SMILES string of the molecule is O=C(CCCc1ccc(F)cc1)NC1CCc2nnc(C3CCOCC3)n2CC1. The molecule has 1 atom stereocenters. The fraction of sp³-hybridized carbons (Fsp3) is 0.591. The van der Waals surface area contributed by atoms with Gasteiger partial charge in [-0.15, -0.1) is 10.2 Å². The van der Waals surface area contributed by atoms with Crippen LogP contribution in [-0.4, -0.2) is 39.9 Å². The summed E-state index contributed by atoms with van der Waals surface area (Å²) in [5.41, 5.74) is 1.06. The minimum absolute atomic E-state index is 0.0967. The van der Waals surface area contributed by atoms with Gasteiger partial charge in [0.15, 0.2) is 0 Å². The number of aromatic nitrogens is 3. The van der Waals surface area contributed by atoms with E-state index >= 15 is 0 Å². The Kier molecular flexibility index (Phi) is 6.54. The zero-order valence-electron chi connectivity index (χ0n) is 16.8. The fourth-order valence-electron chi connectivity index (χ4n) is 4.32. The molecule has 0 spiro atoms. The second-order valence-corrected chi connectivity index (χ2v) is 8.08. The summed E-state index contributed by atoms with van der Waals surface area (Å²) in [6, 6.07) is 6.67. The first-order chi connectivity index (χ1) is 14.2. The van der Waals surface area contributed by atoms with Crippen molar-refractivity contribution in [2.45, 2.75) is 69.9 Å². The number of nitrogens with one attached hydrogen (secondary N) is 1. The lowest BCUT2D eigenvalue weighted by molar-refractivity contribution is -0.122. The number of benzene rings is 1. The standard InChI is InChI=1S/C22H29FN4O2/c23-18-6-4-16(5-7-18)2-1-3-21(28)24-19-8-9-20-25-26-22(27(20)13-10-19)17-11-14-29-15-12-17/h4-7,17,19H,1-3,8-15H2,(H,24,28). The number of halogens is 1. The Labute approximate surface area is 170 Å². The molecule has 29 heavy (non-hydrogen) atoms. The highest BCUT2D eigenvalue weighted by molar-refractivity contribution is 5.76. The minimum Gasteiger partial charge on any atom is -0.381 e. The summed E-state index contributed by atoms with van der Waals surface area (Å²) in [6.45, 7) is 2.45. The average molecular weight is 400 g/mol. The molecule has 1 aromatic carbocycles. The molecular formula is C22H29FN4O2. The number of hydrogen-bond donors (Lipinski definition) is 1. The number of fused-ring (bicyclic) bond motifs is 1. The van der Waals surface area contributed by atoms with Crippen molar-refractivity contribution >= 4 is 5.91 Å². The molecule has 1 fully saturated rings. The Hall–Kier alpha value is -2.28. The van der Waals surface area contributed by atoms with E-state index in [4.69, 9.17) is 4.74 Å². The number of ether oxygens (including phenoxy) is 1. The van der Waals surface area contributed by atoms with Crippen LogP contribution in [0.2, 0.25) is 0 Å². The molecule has 0 radical (unpaired) electrons. The highest BCUT2D eigenvalue weighted by atomic mass is 19.1. The molecule has 1 N–H and O–H groups in total. The normalized spacial score (nSPS) is 20.1. The molecule has 4 rings (SSSR count). The van der Waals surface area contributed by atoms with Crippen molar-refractivity contribution in [2.75, 3.05) is 13.2 Å². The van der Waals surface area contributed by atoms with Crippen molar-refractivity contribution in [3.05, 3.63) is 47.3 Å². The molecule has 1 amide bonds. The molecule has 0 bridgehead atoms. The van der Waals surface area contributed by atoms with Gasteiger partial charge < -0.3 is 14.6 Å². The van der Waals surface area contributed by atoms with Crippen LogP contribution >= 0.6 is 0 Å². The van der Waals surface area contributed by atoms with Gasteiger partial charge in [-0.25, -0.2) is 4.39 Å². The Morgan fingerprint density at radius 2 is 1.93 bits per heavy atom. The molecule has 156 valence electrons. The van der Waals surface area contributed by atoms with Crippen LogP contribution in [0.5, 0.6) is 0 Å². The summed E-state index contributed by atoms with van der Waals surface area (Å²) in [7, 11) is 0. The van der Waals surface area contributed by atoms with E-state index < -0.39 is 0 Å². The van der Waals surface area contributed by atoms with E-state index in [-0.39, 0.29) is 17.8 Å². The highest BCUT2D eigenvalue weighted by Gasteiger charge is 2.26. The summed E-state index contributed by atoms with van der Waals surface area (Å²) in [6.07, 6.45) is 6.71. The maximum Gasteiger partial charge on any atom is 0.220 e. The first kappa shape index (κ1) is 20.0. The predicted molar refractivity (Wildman–Crippen MR) is 107 cm³/mol. The topological polar surface area (TPSA) is 69.0 Å². The highest BCUT2D eigenvalue weighted by Crippen LogP contribution is 2.27. The molecule has 1 unspecified atom stereocenters. The number of carbonyl (C=O) groups is 1. The number of aryl methyl sites for hydroxylation is 2. The lowest BCUT2D eigenvalue weighted by Gasteiger charge is -2.22. The van der Waals surface area contributed by atoms with Gasteiger partial charge in [0.05, 0.1) is 0 Å². The Balaban J connectivity index is 1.24. The van der Waals surface area contributed by atoms with Crippen molar-refractivity contribution in [2.24, 2.45) is 0 Å². The zero-order chi connectivity index (χ0) is 20.1. The monoisotopic (exact) mass is 400 g/mol. The van der Waals surface area contributed by atoms with E-state index in [0.29, 0.717) is 12.3 Å². The molecule has 3 heterocycles. The third-order valence-corrected chi connectivity index (χ3v) is 6.01. The molecule has 0 saturated carbocycles. The largest absolute Gasteiger partial charge is 0.381 e. The van der Waals surface area contributed by atoms with Crippen LogP contribution in [0, 0.1) is 5.82 Å². The van der Waals surface area contributed by atoms with E-state index in [0.717, 1.165) is 81.9 Å². The lowest BCUT2D eigenvalue weighted by Crippen LogP contribution is -2.35. The second kappa shape index (κ2) is 9.48. The van der Waals surface area contributed by atoms with Crippen LogP contribution in [0.25, 0.3) is 0 Å². The van der Waals surface area contributed by atoms with Crippen molar-refractivity contribution in [3.63, 3.8) is 0 Å². The van der Waals surface area contributed by atoms with Crippen LogP contribution in [-0.2, 0) is 28.9 Å². The maximum atomic E-state index is 13.0. The third-order valence-electron chi connectivity index (χ3n) is 6.01. The quantitative estimate of drug-likeness (QED) is 0.809. The molecule has 7 heteroatoms. The predicted octanol–water partition coefficient (Wildman–Crippen LogP) is 3.16. The Bertz CT molecular complexity index is 815. The summed E-state index contributed by atoms with van der Waals surface area (Å²) in [4.78, 5) is 12.4. The molecule has 1 saturated heterocycles. The van der Waals surface area contributed by atoms with E-state index in [9.17, 15) is 9.18 Å². The molecule has 6 nitrogen and oxygen atoms in total. The van der Waals surface area contributed by atoms with Gasteiger partial charge in [-0.1, -0.05) is 12.1 Å². The number of carbonyl (C=O) groups excluding carboxylic acids is 1. The molecular weight excluding hydrogens is 371 g/mol. The van der Waals surface area contributed by atoms with E-state index in [1.807, 2.05) is 0 Å². The van der Waals surface area contributed by atoms with Crippen LogP contribution in [0.15, 0.2) is 24.3 Å². The smallest absolute Gasteiger partial charge is 0.220 e. The number of amides is 1. The molecule has 2 aliphatic rings. The summed E-state index contributed by atoms with van der Waals surface area (Å²) in [5.74, 6) is 2.44. The van der Waals surface area contributed by atoms with Gasteiger partial charge in [0.2, 0.25) is 5.91 Å². The van der Waals surface area contributed by atoms with Crippen LogP contribution in [0.4, 0.5) is 4.39 Å². The summed E-state index contributed by atoms with van der Waals surface area (Å²) >= 11 is 0. The van der Waals surface area contributed by atoms with Crippen molar-refractivity contribution < 1.29 is 13.9 Å². The molecule has 2 aliphatic heterocycles. The first-order valence-electron chi connectivity index (χ1n) is 10.7. The van der Waals surface area contributed by atoms with Gasteiger partial charge in [0.25, 0.3) is 0 Å². The van der Waals surface area contributed by atoms with Crippen molar-refractivity contribution in [1.29, 1.82) is 0 Å². The zero-order valence-corrected chi connectivity index (χ0v) is 16.8. The third kappa shape index (κ3) is 5.21. The summed E-state index contributed by atoms with van der Waals surface area (Å²) < 4.78 is 20.7. The minimum atomic E-state index is -0.227. The van der Waals surface area contributed by atoms with Crippen molar-refractivity contribution in [1.82, 2.24) is 20.1 Å². The first-order valence-corrected chi connectivity index (χ1v) is 10.7. The average Bonchev–Trinajstić information content (AvgIpc) is 3.05. The van der Waals surface area contributed by atoms with Crippen LogP contribution in [0.3, 0.4) is 0 Å². The number of rotatable bonds is 6. The van der Waals surface area contributed by atoms with Crippen LogP contribution < -0.4 is 5.32 Å². The van der Waals surface area contributed by atoms with Gasteiger partial charge in [0.1, 0.15) is 17.5 Å². The van der Waals surface area contributed by atoms with Gasteiger partial charge in [0, 0.05) is 44.6 Å². The second-order valence-electron chi connectivity index (χ2n) is 8.08. The van der Waals surface area contributed by atoms with Gasteiger partial charge in [-0.2, -0.15) is 0 Å². The lowest BCUT2D eigenvalue weighted by atomic mass is 9.99. The number of hydrogen-bond acceptors (Lipinski definition) is 4. The number of nitrogens with zero attached hydrogens (tertiary/aromatic N) is 3. The summed E-state index contributed by atoms with van der Waals surface area (Å²) in [5, 5.41) is 12.1. The molecule has 0 aliphatic carbocycles.